The molecular formula is C22H26N4O3S. The molecule has 0 spiro atoms. The minimum Gasteiger partial charge on any atom is -0.349 e. The van der Waals surface area contributed by atoms with E-state index in [1.54, 1.807) is 24.5 Å². The van der Waals surface area contributed by atoms with Crippen molar-refractivity contribution >= 4 is 35.2 Å². The molecule has 0 radical (unpaired) electrons. The van der Waals surface area contributed by atoms with E-state index in [1.165, 1.54) is 18.7 Å². The summed E-state index contributed by atoms with van der Waals surface area (Å²) in [7, 11) is 0. The van der Waals surface area contributed by atoms with Gasteiger partial charge in [0.2, 0.25) is 11.8 Å². The van der Waals surface area contributed by atoms with Crippen LogP contribution in [0.4, 0.5) is 5.69 Å². The third-order valence-electron chi connectivity index (χ3n) is 4.90. The summed E-state index contributed by atoms with van der Waals surface area (Å²) in [5.74, 6) is -0.138. The monoisotopic (exact) mass is 426 g/mol. The van der Waals surface area contributed by atoms with Gasteiger partial charge < -0.3 is 15.5 Å². The Hall–Kier alpha value is -2.87. The van der Waals surface area contributed by atoms with Crippen LogP contribution in [0.25, 0.3) is 0 Å². The van der Waals surface area contributed by atoms with Crippen molar-refractivity contribution in [2.24, 2.45) is 0 Å². The summed E-state index contributed by atoms with van der Waals surface area (Å²) in [4.78, 5) is 43.0. The normalized spacial score (nSPS) is 15.3. The summed E-state index contributed by atoms with van der Waals surface area (Å²) in [6.45, 7) is 4.63. The molecule has 1 aliphatic rings. The number of hydrogen-bond acceptors (Lipinski definition) is 5. The van der Waals surface area contributed by atoms with Crippen LogP contribution in [-0.2, 0) is 9.59 Å². The standard InChI is InChI=1S/C22H26N4O3S/c1-15(30-20-7-5-18(6-8-20)24-16(2)27)22(29)26-12-9-19(10-13-26)25-21(28)17-4-3-11-23-14-17/h3-8,11,14-15,19H,9-10,12-13H2,1-2H3,(H,24,27)(H,25,28). The molecule has 8 heteroatoms. The van der Waals surface area contributed by atoms with E-state index >= 15 is 0 Å². The van der Waals surface area contributed by atoms with Gasteiger partial charge in [-0.25, -0.2) is 0 Å². The molecule has 7 nitrogen and oxygen atoms in total. The predicted octanol–water partition coefficient (Wildman–Crippen LogP) is 2.94. The highest BCUT2D eigenvalue weighted by Crippen LogP contribution is 2.27. The van der Waals surface area contributed by atoms with Crippen molar-refractivity contribution in [2.75, 3.05) is 18.4 Å². The SMILES string of the molecule is CC(=O)Nc1ccc(SC(C)C(=O)N2CCC(NC(=O)c3cccnc3)CC2)cc1. The number of amides is 3. The van der Waals surface area contributed by atoms with Crippen LogP contribution in [-0.4, -0.2) is 52.0 Å². The van der Waals surface area contributed by atoms with Crippen molar-refractivity contribution in [3.63, 3.8) is 0 Å². The predicted molar refractivity (Wildman–Crippen MR) is 117 cm³/mol. The number of likely N-dealkylation sites (tertiary alicyclic amines) is 1. The number of piperidine rings is 1. The summed E-state index contributed by atoms with van der Waals surface area (Å²) in [5, 5.41) is 5.55. The molecule has 1 aromatic heterocycles. The van der Waals surface area contributed by atoms with E-state index < -0.39 is 0 Å². The molecule has 1 fully saturated rings. The molecule has 1 saturated heterocycles. The summed E-state index contributed by atoms with van der Waals surface area (Å²) in [5.41, 5.74) is 1.28. The van der Waals surface area contributed by atoms with Gasteiger partial charge in [-0.15, -0.1) is 11.8 Å². The number of benzene rings is 1. The molecule has 0 aliphatic carbocycles. The minimum atomic E-state index is -0.210. The van der Waals surface area contributed by atoms with Crippen LogP contribution in [0.3, 0.4) is 0 Å². The fraction of sp³-hybridized carbons (Fsp3) is 0.364. The summed E-state index contributed by atoms with van der Waals surface area (Å²) in [6, 6.07) is 11.0. The first kappa shape index (κ1) is 21.8. The molecular weight excluding hydrogens is 400 g/mol. The Bertz CT molecular complexity index is 881. The molecule has 2 heterocycles. The van der Waals surface area contributed by atoms with E-state index in [9.17, 15) is 14.4 Å². The fourth-order valence-electron chi connectivity index (χ4n) is 3.34. The Morgan fingerprint density at radius 2 is 1.83 bits per heavy atom. The smallest absolute Gasteiger partial charge is 0.253 e. The number of anilines is 1. The lowest BCUT2D eigenvalue weighted by Gasteiger charge is -2.33. The highest BCUT2D eigenvalue weighted by molar-refractivity contribution is 8.00. The largest absolute Gasteiger partial charge is 0.349 e. The number of nitrogens with zero attached hydrogens (tertiary/aromatic N) is 2. The summed E-state index contributed by atoms with van der Waals surface area (Å²) >= 11 is 1.50. The molecule has 1 unspecified atom stereocenters. The van der Waals surface area contributed by atoms with Gasteiger partial charge in [-0.2, -0.15) is 0 Å². The molecule has 0 saturated carbocycles. The van der Waals surface area contributed by atoms with Gasteiger partial charge in [0.1, 0.15) is 0 Å². The Kier molecular flexibility index (Phi) is 7.46. The molecule has 158 valence electrons. The Morgan fingerprint density at radius 3 is 2.43 bits per heavy atom. The van der Waals surface area contributed by atoms with E-state index in [0.29, 0.717) is 18.7 Å². The number of pyridine rings is 1. The van der Waals surface area contributed by atoms with Crippen molar-refractivity contribution in [1.29, 1.82) is 0 Å². The van der Waals surface area contributed by atoms with Crippen molar-refractivity contribution < 1.29 is 14.4 Å². The molecule has 30 heavy (non-hydrogen) atoms. The van der Waals surface area contributed by atoms with Gasteiger partial charge in [0.05, 0.1) is 10.8 Å². The lowest BCUT2D eigenvalue weighted by molar-refractivity contribution is -0.131. The molecule has 2 aromatic rings. The van der Waals surface area contributed by atoms with Gasteiger partial charge in [0, 0.05) is 49.0 Å². The van der Waals surface area contributed by atoms with Gasteiger partial charge in [-0.3, -0.25) is 19.4 Å². The van der Waals surface area contributed by atoms with Crippen LogP contribution in [0, 0.1) is 0 Å². The first-order valence-electron chi connectivity index (χ1n) is 9.96. The average molecular weight is 427 g/mol. The van der Waals surface area contributed by atoms with Crippen molar-refractivity contribution in [1.82, 2.24) is 15.2 Å². The molecule has 3 rings (SSSR count). The van der Waals surface area contributed by atoms with Crippen molar-refractivity contribution in [3.05, 3.63) is 54.4 Å². The zero-order valence-electron chi connectivity index (χ0n) is 17.1. The van der Waals surface area contributed by atoms with Gasteiger partial charge in [0.25, 0.3) is 5.91 Å². The molecule has 1 aliphatic heterocycles. The fourth-order valence-corrected chi connectivity index (χ4v) is 4.29. The number of nitrogens with one attached hydrogen (secondary N) is 2. The quantitative estimate of drug-likeness (QED) is 0.693. The number of aromatic nitrogens is 1. The lowest BCUT2D eigenvalue weighted by Crippen LogP contribution is -2.48. The van der Waals surface area contributed by atoms with E-state index in [2.05, 4.69) is 15.6 Å². The maximum absolute atomic E-state index is 12.8. The zero-order valence-corrected chi connectivity index (χ0v) is 17.9. The topological polar surface area (TPSA) is 91.4 Å². The Labute approximate surface area is 180 Å². The Balaban J connectivity index is 1.46. The second-order valence-electron chi connectivity index (χ2n) is 7.28. The van der Waals surface area contributed by atoms with Gasteiger partial charge >= 0.3 is 0 Å². The van der Waals surface area contributed by atoms with Crippen LogP contribution in [0.15, 0.2) is 53.7 Å². The van der Waals surface area contributed by atoms with Crippen molar-refractivity contribution in [2.45, 2.75) is 42.9 Å². The maximum Gasteiger partial charge on any atom is 0.253 e. The van der Waals surface area contributed by atoms with E-state index in [-0.39, 0.29) is 29.0 Å². The number of carbonyl (C=O) groups excluding carboxylic acids is 3. The van der Waals surface area contributed by atoms with E-state index in [0.717, 1.165) is 23.4 Å². The average Bonchev–Trinajstić information content (AvgIpc) is 2.75. The molecule has 1 aromatic carbocycles. The highest BCUT2D eigenvalue weighted by atomic mass is 32.2. The number of hydrogen-bond donors (Lipinski definition) is 2. The molecule has 3 amide bonds. The van der Waals surface area contributed by atoms with Gasteiger partial charge in [-0.1, -0.05) is 0 Å². The molecule has 0 bridgehead atoms. The summed E-state index contributed by atoms with van der Waals surface area (Å²) in [6.07, 6.45) is 4.66. The highest BCUT2D eigenvalue weighted by Gasteiger charge is 2.27. The minimum absolute atomic E-state index is 0.0611. The third-order valence-corrected chi connectivity index (χ3v) is 6.00. The number of carbonyl (C=O) groups is 3. The van der Waals surface area contributed by atoms with Gasteiger partial charge in [0.15, 0.2) is 0 Å². The number of rotatable bonds is 6. The van der Waals surface area contributed by atoms with Crippen LogP contribution in [0.5, 0.6) is 0 Å². The Morgan fingerprint density at radius 1 is 1.13 bits per heavy atom. The van der Waals surface area contributed by atoms with Crippen LogP contribution < -0.4 is 10.6 Å². The lowest BCUT2D eigenvalue weighted by atomic mass is 10.0. The summed E-state index contributed by atoms with van der Waals surface area (Å²) < 4.78 is 0. The maximum atomic E-state index is 12.8. The van der Waals surface area contributed by atoms with Gasteiger partial charge in [-0.05, 0) is 56.2 Å². The zero-order chi connectivity index (χ0) is 21.5. The first-order chi connectivity index (χ1) is 14.4. The first-order valence-corrected chi connectivity index (χ1v) is 10.8. The second kappa shape index (κ2) is 10.2. The number of thioether (sulfide) groups is 1. The van der Waals surface area contributed by atoms with Crippen LogP contribution in [0.1, 0.15) is 37.0 Å². The van der Waals surface area contributed by atoms with Crippen LogP contribution in [0.2, 0.25) is 0 Å². The van der Waals surface area contributed by atoms with Crippen LogP contribution >= 0.6 is 11.8 Å². The van der Waals surface area contributed by atoms with E-state index in [1.807, 2.05) is 36.1 Å². The third kappa shape index (κ3) is 6.06. The second-order valence-corrected chi connectivity index (χ2v) is 8.69. The van der Waals surface area contributed by atoms with Crippen molar-refractivity contribution in [3.8, 4) is 0 Å². The van der Waals surface area contributed by atoms with E-state index in [4.69, 9.17) is 0 Å². The molecule has 1 atom stereocenters. The molecule has 2 N–H and O–H groups in total.